The molecule has 3 nitrogen and oxygen atoms in total. The molecule has 0 saturated heterocycles. The molecule has 4 aliphatic carbocycles. The quantitative estimate of drug-likeness (QED) is 0.758. The lowest BCUT2D eigenvalue weighted by atomic mass is 9.49. The van der Waals surface area contributed by atoms with Crippen molar-refractivity contribution in [3.8, 4) is 5.75 Å². The summed E-state index contributed by atoms with van der Waals surface area (Å²) in [6.07, 6.45) is 8.55. The number of carbonyl (C=O) groups is 1. The maximum absolute atomic E-state index is 12.3. The second-order valence-electron chi connectivity index (χ2n) is 10.5. The lowest BCUT2D eigenvalue weighted by molar-refractivity contribution is -0.156. The van der Waals surface area contributed by atoms with Crippen molar-refractivity contribution in [3.63, 3.8) is 0 Å². The Balaban J connectivity index is 1.57. The first-order valence-electron chi connectivity index (χ1n) is 11.4. The van der Waals surface area contributed by atoms with Gasteiger partial charge in [-0.3, -0.25) is 4.79 Å². The van der Waals surface area contributed by atoms with E-state index in [1.54, 1.807) is 0 Å². The average molecular weight is 383 g/mol. The van der Waals surface area contributed by atoms with Gasteiger partial charge in [0.25, 0.3) is 0 Å². The molecular weight excluding hydrogens is 348 g/mol. The topological polar surface area (TPSA) is 57.5 Å². The van der Waals surface area contributed by atoms with E-state index in [1.807, 2.05) is 12.1 Å². The highest BCUT2D eigenvalue weighted by Gasteiger charge is 2.67. The van der Waals surface area contributed by atoms with Crippen molar-refractivity contribution >= 4 is 5.78 Å². The first-order valence-corrected chi connectivity index (χ1v) is 11.4. The number of aromatic hydroxyl groups is 1. The summed E-state index contributed by atoms with van der Waals surface area (Å²) in [6.45, 7) is 4.58. The third-order valence-corrected chi connectivity index (χ3v) is 9.38. The maximum Gasteiger partial charge on any atom is 0.135 e. The first-order chi connectivity index (χ1) is 13.4. The summed E-state index contributed by atoms with van der Waals surface area (Å²) >= 11 is 0. The van der Waals surface area contributed by atoms with Crippen LogP contribution in [0.1, 0.15) is 82.3 Å². The summed E-state index contributed by atoms with van der Waals surface area (Å²) in [5.41, 5.74) is 1.86. The zero-order chi connectivity index (χ0) is 19.7. The number of aliphatic hydroxyl groups is 1. The molecule has 7 atom stereocenters. The van der Waals surface area contributed by atoms with Gasteiger partial charge in [0, 0.05) is 18.3 Å². The highest BCUT2D eigenvalue weighted by Crippen LogP contribution is 2.69. The highest BCUT2D eigenvalue weighted by atomic mass is 16.3. The van der Waals surface area contributed by atoms with Crippen LogP contribution in [0.2, 0.25) is 0 Å². The number of carbonyl (C=O) groups excluding carboxylic acids is 1. The molecule has 1 aromatic rings. The summed E-state index contributed by atoms with van der Waals surface area (Å²) in [6, 6.07) is 6.00. The number of phenols is 1. The molecule has 3 heteroatoms. The highest BCUT2D eigenvalue weighted by molar-refractivity contribution is 5.80. The lowest BCUT2D eigenvalue weighted by Gasteiger charge is -2.56. The summed E-state index contributed by atoms with van der Waals surface area (Å²) in [4.78, 5) is 12.3. The molecule has 3 fully saturated rings. The average Bonchev–Trinajstić information content (AvgIpc) is 2.88. The number of Topliss-reactive ketones (excluding diaryl/α,β-unsaturated/α-hetero) is 1. The van der Waals surface area contributed by atoms with E-state index in [9.17, 15) is 15.0 Å². The molecule has 1 aromatic carbocycles. The van der Waals surface area contributed by atoms with Crippen LogP contribution in [0.15, 0.2) is 18.2 Å². The second-order valence-corrected chi connectivity index (χ2v) is 10.5. The molecule has 0 amide bonds. The van der Waals surface area contributed by atoms with Crippen molar-refractivity contribution in [3.05, 3.63) is 29.3 Å². The van der Waals surface area contributed by atoms with Crippen molar-refractivity contribution in [2.75, 3.05) is 0 Å². The summed E-state index contributed by atoms with van der Waals surface area (Å²) in [7, 11) is 0. The Bertz CT molecular complexity index is 801. The SMILES string of the molecule is CCC[C@@H]1Cc2cc(O)ccc2[C@H]2CC[C@@]3(C)[C@@H](CC4CCC(=O)C[C@]43O)[C@H]12. The van der Waals surface area contributed by atoms with E-state index in [0.29, 0.717) is 48.2 Å². The molecule has 0 heterocycles. The standard InChI is InChI=1S/C25H34O3/c1-3-4-15-11-16-12-18(26)7-8-20(16)21-9-10-24(2)22(23(15)21)13-17-5-6-19(27)14-25(17,24)28/h7-8,12,15,17,21-23,26,28H,3-6,9-11,13-14H2,1-2H3/t15-,17?,21-,22+,23-,24+,25+/m1/s1. The maximum atomic E-state index is 12.3. The molecule has 3 saturated carbocycles. The Morgan fingerprint density at radius 3 is 2.86 bits per heavy atom. The smallest absolute Gasteiger partial charge is 0.135 e. The molecule has 1 unspecified atom stereocenters. The molecule has 0 spiro atoms. The molecule has 0 aliphatic heterocycles. The molecular formula is C25H34O3. The number of hydrogen-bond donors (Lipinski definition) is 2. The summed E-state index contributed by atoms with van der Waals surface area (Å²) in [5, 5.41) is 21.8. The number of phenolic OH excluding ortho intramolecular Hbond substituents is 1. The van der Waals surface area contributed by atoms with Crippen molar-refractivity contribution in [1.82, 2.24) is 0 Å². The first kappa shape index (κ1) is 18.7. The largest absolute Gasteiger partial charge is 0.508 e. The van der Waals surface area contributed by atoms with Crippen LogP contribution in [0.5, 0.6) is 5.75 Å². The fourth-order valence-electron chi connectivity index (χ4n) is 8.12. The minimum absolute atomic E-state index is 0.130. The van der Waals surface area contributed by atoms with E-state index < -0.39 is 5.60 Å². The number of benzene rings is 1. The Hall–Kier alpha value is -1.35. The van der Waals surface area contributed by atoms with Gasteiger partial charge in [0.05, 0.1) is 5.60 Å². The monoisotopic (exact) mass is 382 g/mol. The number of ketones is 1. The number of rotatable bonds is 2. The van der Waals surface area contributed by atoms with Gasteiger partial charge < -0.3 is 10.2 Å². The van der Waals surface area contributed by atoms with Crippen LogP contribution in [0.25, 0.3) is 0 Å². The summed E-state index contributed by atoms with van der Waals surface area (Å²) < 4.78 is 0. The Morgan fingerprint density at radius 2 is 2.07 bits per heavy atom. The van der Waals surface area contributed by atoms with E-state index >= 15 is 0 Å². The Kier molecular flexibility index (Phi) is 4.21. The van der Waals surface area contributed by atoms with Crippen molar-refractivity contribution in [1.29, 1.82) is 0 Å². The van der Waals surface area contributed by atoms with Gasteiger partial charge >= 0.3 is 0 Å². The van der Waals surface area contributed by atoms with Crippen molar-refractivity contribution in [2.45, 2.75) is 83.2 Å². The zero-order valence-corrected chi connectivity index (χ0v) is 17.3. The molecule has 2 N–H and O–H groups in total. The van der Waals surface area contributed by atoms with E-state index in [0.717, 1.165) is 32.1 Å². The second kappa shape index (κ2) is 6.32. The van der Waals surface area contributed by atoms with Gasteiger partial charge in [-0.05, 0) is 85.0 Å². The Morgan fingerprint density at radius 1 is 1.25 bits per heavy atom. The minimum Gasteiger partial charge on any atom is -0.508 e. The lowest BCUT2D eigenvalue weighted by Crippen LogP contribution is -2.56. The molecule has 28 heavy (non-hydrogen) atoms. The van der Waals surface area contributed by atoms with E-state index in [4.69, 9.17) is 0 Å². The van der Waals surface area contributed by atoms with Crippen LogP contribution in [0.3, 0.4) is 0 Å². The van der Waals surface area contributed by atoms with Gasteiger partial charge in [-0.25, -0.2) is 0 Å². The molecule has 5 rings (SSSR count). The molecule has 0 aromatic heterocycles. The van der Waals surface area contributed by atoms with Crippen LogP contribution in [-0.2, 0) is 11.2 Å². The van der Waals surface area contributed by atoms with Crippen molar-refractivity contribution < 1.29 is 15.0 Å². The fraction of sp³-hybridized carbons (Fsp3) is 0.720. The number of fused-ring (bicyclic) bond motifs is 7. The van der Waals surface area contributed by atoms with Gasteiger partial charge in [0.2, 0.25) is 0 Å². The van der Waals surface area contributed by atoms with E-state index in [1.165, 1.54) is 24.0 Å². The van der Waals surface area contributed by atoms with Gasteiger partial charge in [-0.1, -0.05) is 32.8 Å². The van der Waals surface area contributed by atoms with Crippen LogP contribution < -0.4 is 0 Å². The minimum atomic E-state index is -0.788. The number of hydrogen-bond acceptors (Lipinski definition) is 3. The third kappa shape index (κ3) is 2.41. The fourth-order valence-corrected chi connectivity index (χ4v) is 8.12. The van der Waals surface area contributed by atoms with Gasteiger partial charge in [-0.15, -0.1) is 0 Å². The van der Waals surface area contributed by atoms with Gasteiger partial charge in [0.1, 0.15) is 11.5 Å². The van der Waals surface area contributed by atoms with Crippen LogP contribution in [0.4, 0.5) is 0 Å². The molecule has 0 bridgehead atoms. The molecule has 0 radical (unpaired) electrons. The van der Waals surface area contributed by atoms with E-state index in [-0.39, 0.29) is 11.2 Å². The predicted molar refractivity (Wildman–Crippen MR) is 109 cm³/mol. The normalized spacial score (nSPS) is 44.4. The van der Waals surface area contributed by atoms with Gasteiger partial charge in [-0.2, -0.15) is 0 Å². The van der Waals surface area contributed by atoms with Crippen LogP contribution >= 0.6 is 0 Å². The Labute approximate surface area is 168 Å². The van der Waals surface area contributed by atoms with Crippen LogP contribution in [0, 0.1) is 29.1 Å². The summed E-state index contributed by atoms with van der Waals surface area (Å²) in [5.74, 6) is 3.20. The van der Waals surface area contributed by atoms with Crippen LogP contribution in [-0.4, -0.2) is 21.6 Å². The zero-order valence-electron chi connectivity index (χ0n) is 17.3. The molecule has 152 valence electrons. The predicted octanol–water partition coefficient (Wildman–Crippen LogP) is 4.98. The third-order valence-electron chi connectivity index (χ3n) is 9.38. The van der Waals surface area contributed by atoms with E-state index in [2.05, 4.69) is 19.9 Å². The van der Waals surface area contributed by atoms with Gasteiger partial charge in [0.15, 0.2) is 0 Å². The van der Waals surface area contributed by atoms with Crippen molar-refractivity contribution in [2.24, 2.45) is 29.1 Å². The molecule has 4 aliphatic rings.